The number of carbonyl (C=O) groups is 3. The first-order valence-corrected chi connectivity index (χ1v) is 12.1. The van der Waals surface area contributed by atoms with Gasteiger partial charge in [-0.15, -0.1) is 11.8 Å². The van der Waals surface area contributed by atoms with Crippen LogP contribution in [0, 0.1) is 5.92 Å². The zero-order valence-corrected chi connectivity index (χ0v) is 19.5. The van der Waals surface area contributed by atoms with E-state index in [1.165, 1.54) is 12.1 Å². The number of aromatic hydroxyl groups is 1. The van der Waals surface area contributed by atoms with E-state index in [9.17, 15) is 19.5 Å². The van der Waals surface area contributed by atoms with E-state index < -0.39 is 10.8 Å². The molecule has 0 aliphatic carbocycles. The van der Waals surface area contributed by atoms with Gasteiger partial charge in [-0.3, -0.25) is 14.4 Å². The summed E-state index contributed by atoms with van der Waals surface area (Å²) in [5.74, 6) is -0.503. The van der Waals surface area contributed by atoms with Gasteiger partial charge in [-0.25, -0.2) is 0 Å². The van der Waals surface area contributed by atoms with Gasteiger partial charge in [0.05, 0.1) is 5.92 Å². The molecule has 3 atom stereocenters. The zero-order chi connectivity index (χ0) is 23.3. The van der Waals surface area contributed by atoms with Gasteiger partial charge in [0.25, 0.3) is 5.91 Å². The molecule has 5 rings (SSSR count). The predicted octanol–water partition coefficient (Wildman–Crippen LogP) is 3.62. The van der Waals surface area contributed by atoms with Crippen molar-refractivity contribution in [3.63, 3.8) is 0 Å². The van der Waals surface area contributed by atoms with Crippen molar-refractivity contribution in [3.8, 4) is 5.75 Å². The number of amides is 3. The molecule has 0 radical (unpaired) electrons. The quantitative estimate of drug-likeness (QED) is 0.676. The molecule has 3 aliphatic heterocycles. The fourth-order valence-corrected chi connectivity index (χ4v) is 6.71. The van der Waals surface area contributed by atoms with Crippen LogP contribution in [0.25, 0.3) is 0 Å². The average Bonchev–Trinajstić information content (AvgIpc) is 3.24. The lowest BCUT2D eigenvalue weighted by atomic mass is 9.94. The van der Waals surface area contributed by atoms with Crippen LogP contribution >= 0.6 is 11.8 Å². The number of hydrogen-bond acceptors (Lipinski definition) is 5. The Hall–Kier alpha value is -3.00. The molecule has 0 aromatic heterocycles. The highest BCUT2D eigenvalue weighted by Crippen LogP contribution is 2.56. The van der Waals surface area contributed by atoms with Crippen LogP contribution < -0.4 is 5.32 Å². The molecule has 8 heteroatoms. The zero-order valence-electron chi connectivity index (χ0n) is 18.7. The van der Waals surface area contributed by atoms with Gasteiger partial charge < -0.3 is 20.2 Å². The second kappa shape index (κ2) is 8.09. The van der Waals surface area contributed by atoms with Crippen LogP contribution in [0.2, 0.25) is 0 Å². The van der Waals surface area contributed by atoms with E-state index in [1.54, 1.807) is 33.7 Å². The summed E-state index contributed by atoms with van der Waals surface area (Å²) in [5.41, 5.74) is 2.26. The molecule has 0 spiro atoms. The van der Waals surface area contributed by atoms with E-state index in [0.717, 1.165) is 12.0 Å². The van der Waals surface area contributed by atoms with Crippen molar-refractivity contribution in [2.75, 3.05) is 18.4 Å². The number of fused-ring (bicyclic) bond motifs is 3. The number of nitrogens with zero attached hydrogens (tertiary/aromatic N) is 2. The van der Waals surface area contributed by atoms with Crippen molar-refractivity contribution in [1.29, 1.82) is 0 Å². The summed E-state index contributed by atoms with van der Waals surface area (Å²) in [5, 5.41) is 12.2. The third-order valence-corrected chi connectivity index (χ3v) is 8.30. The number of anilines is 1. The lowest BCUT2D eigenvalue weighted by Gasteiger charge is -2.38. The van der Waals surface area contributed by atoms with Crippen LogP contribution in [0.1, 0.15) is 48.0 Å². The van der Waals surface area contributed by atoms with Crippen LogP contribution in [-0.4, -0.2) is 56.5 Å². The molecular formula is C25H27N3O4S. The molecule has 2 N–H and O–H groups in total. The summed E-state index contributed by atoms with van der Waals surface area (Å²) < 4.78 is -0.438. The fraction of sp³-hybridized carbons (Fsp3) is 0.400. The topological polar surface area (TPSA) is 90.0 Å². The van der Waals surface area contributed by atoms with Gasteiger partial charge in [-0.1, -0.05) is 18.2 Å². The third kappa shape index (κ3) is 3.76. The Labute approximate surface area is 197 Å². The summed E-state index contributed by atoms with van der Waals surface area (Å²) in [6, 6.07) is 13.3. The fourth-order valence-electron chi connectivity index (χ4n) is 5.13. The largest absolute Gasteiger partial charge is 0.508 e. The van der Waals surface area contributed by atoms with Gasteiger partial charge in [0.15, 0.2) is 0 Å². The number of piperidine rings is 1. The van der Waals surface area contributed by atoms with E-state index in [4.69, 9.17) is 0 Å². The molecular weight excluding hydrogens is 438 g/mol. The molecule has 3 amide bonds. The van der Waals surface area contributed by atoms with E-state index >= 15 is 0 Å². The monoisotopic (exact) mass is 465 g/mol. The molecule has 2 aromatic rings. The first-order chi connectivity index (χ1) is 15.8. The number of likely N-dealkylation sites (tertiary alicyclic amines) is 1. The van der Waals surface area contributed by atoms with Crippen molar-refractivity contribution >= 4 is 35.2 Å². The van der Waals surface area contributed by atoms with Crippen molar-refractivity contribution in [3.05, 3.63) is 59.7 Å². The molecule has 0 saturated carbocycles. The van der Waals surface area contributed by atoms with E-state index in [0.29, 0.717) is 30.8 Å². The second-order valence-electron chi connectivity index (χ2n) is 9.44. The maximum atomic E-state index is 13.8. The number of carbonyl (C=O) groups excluding carboxylic acids is 3. The molecule has 33 heavy (non-hydrogen) atoms. The maximum absolute atomic E-state index is 13.8. The minimum Gasteiger partial charge on any atom is -0.508 e. The number of nitrogens with one attached hydrogen (secondary N) is 1. The van der Waals surface area contributed by atoms with Crippen molar-refractivity contribution in [1.82, 2.24) is 9.80 Å². The summed E-state index contributed by atoms with van der Waals surface area (Å²) in [6.07, 6.45) is 1.44. The van der Waals surface area contributed by atoms with Crippen molar-refractivity contribution < 1.29 is 19.5 Å². The van der Waals surface area contributed by atoms with Crippen LogP contribution in [0.3, 0.4) is 0 Å². The Morgan fingerprint density at radius 3 is 2.61 bits per heavy atom. The molecule has 7 nitrogen and oxygen atoms in total. The Morgan fingerprint density at radius 2 is 1.85 bits per heavy atom. The highest BCUT2D eigenvalue weighted by molar-refractivity contribution is 8.01. The summed E-state index contributed by atoms with van der Waals surface area (Å²) in [6.45, 7) is 4.96. The van der Waals surface area contributed by atoms with Crippen molar-refractivity contribution in [2.45, 2.75) is 42.9 Å². The molecule has 2 aromatic carbocycles. The normalized spacial score (nSPS) is 25.5. The first kappa shape index (κ1) is 21.8. The van der Waals surface area contributed by atoms with E-state index in [-0.39, 0.29) is 34.8 Å². The first-order valence-electron chi connectivity index (χ1n) is 11.2. The molecule has 172 valence electrons. The molecule has 0 bridgehead atoms. The minimum atomic E-state index is -0.577. The second-order valence-corrected chi connectivity index (χ2v) is 11.2. The van der Waals surface area contributed by atoms with Gasteiger partial charge in [0, 0.05) is 29.1 Å². The Balaban J connectivity index is 1.33. The molecule has 2 saturated heterocycles. The molecule has 2 fully saturated rings. The number of phenolic OH excluding ortho intramolecular Hbond substituents is 1. The lowest BCUT2D eigenvalue weighted by Crippen LogP contribution is -2.56. The average molecular weight is 466 g/mol. The Morgan fingerprint density at radius 1 is 1.12 bits per heavy atom. The van der Waals surface area contributed by atoms with Gasteiger partial charge in [0.2, 0.25) is 11.8 Å². The van der Waals surface area contributed by atoms with Gasteiger partial charge >= 0.3 is 0 Å². The van der Waals surface area contributed by atoms with Gasteiger partial charge in [0.1, 0.15) is 17.2 Å². The number of benzene rings is 2. The van der Waals surface area contributed by atoms with Crippen LogP contribution in [-0.2, 0) is 9.59 Å². The lowest BCUT2D eigenvalue weighted by molar-refractivity contribution is -0.139. The number of hydrogen-bond donors (Lipinski definition) is 2. The summed E-state index contributed by atoms with van der Waals surface area (Å²) in [4.78, 5) is 43.4. The SMILES string of the molecule is CC1(C)S[C@@H]2c3ccccc3C(=O)N2[C@H]1C(=O)N1CCC[C@@H](C(=O)Nc2ccc(O)cc2)C1. The van der Waals surface area contributed by atoms with E-state index in [1.807, 2.05) is 38.1 Å². The third-order valence-electron chi connectivity index (χ3n) is 6.77. The van der Waals surface area contributed by atoms with Crippen LogP contribution in [0.15, 0.2) is 48.5 Å². The van der Waals surface area contributed by atoms with E-state index in [2.05, 4.69) is 5.32 Å². The standard InChI is InChI=1S/C25H27N3O4S/c1-25(2)20(28-22(31)18-7-3-4-8-19(18)24(28)33-25)23(32)27-13-5-6-15(14-27)21(30)26-16-9-11-17(29)12-10-16/h3-4,7-12,15,20,24,29H,5-6,13-14H2,1-2H3,(H,26,30)/t15-,20+,24-/m1/s1. The van der Waals surface area contributed by atoms with Crippen LogP contribution in [0.4, 0.5) is 5.69 Å². The Kier molecular flexibility index (Phi) is 5.35. The van der Waals surface area contributed by atoms with Gasteiger partial charge in [-0.05, 0) is 62.6 Å². The summed E-state index contributed by atoms with van der Waals surface area (Å²) >= 11 is 1.65. The number of phenols is 1. The number of thioether (sulfide) groups is 1. The highest BCUT2D eigenvalue weighted by Gasteiger charge is 2.58. The summed E-state index contributed by atoms with van der Waals surface area (Å²) in [7, 11) is 0. The molecule has 0 unspecified atom stereocenters. The highest BCUT2D eigenvalue weighted by atomic mass is 32.2. The molecule has 3 aliphatic rings. The van der Waals surface area contributed by atoms with Crippen molar-refractivity contribution in [2.24, 2.45) is 5.92 Å². The minimum absolute atomic E-state index is 0.0849. The smallest absolute Gasteiger partial charge is 0.256 e. The van der Waals surface area contributed by atoms with Crippen LogP contribution in [0.5, 0.6) is 5.75 Å². The molecule has 3 heterocycles. The van der Waals surface area contributed by atoms with Gasteiger partial charge in [-0.2, -0.15) is 0 Å². The maximum Gasteiger partial charge on any atom is 0.256 e. The number of rotatable bonds is 3. The Bertz CT molecular complexity index is 1120. The predicted molar refractivity (Wildman–Crippen MR) is 127 cm³/mol.